The van der Waals surface area contributed by atoms with Crippen LogP contribution in [0.2, 0.25) is 0 Å². The van der Waals surface area contributed by atoms with Gasteiger partial charge in [0.2, 0.25) is 0 Å². The molecule has 1 aromatic rings. The maximum absolute atomic E-state index is 11.7. The van der Waals surface area contributed by atoms with Crippen molar-refractivity contribution in [3.63, 3.8) is 0 Å². The summed E-state index contributed by atoms with van der Waals surface area (Å²) < 4.78 is 42.2. The standard InChI is InChI=1S/C10H14O4S/c1-8-3-5-10(6-4-8)15(12,13)14-7-9(2)11/h3-6,9,11H,7H2,1-2H3/t9-/m0/s1/i7D2. The highest BCUT2D eigenvalue weighted by atomic mass is 32.2. The average molecular weight is 232 g/mol. The highest BCUT2D eigenvalue weighted by Crippen LogP contribution is 2.13. The molecule has 0 aliphatic carbocycles. The molecule has 15 heavy (non-hydrogen) atoms. The van der Waals surface area contributed by atoms with E-state index in [0.29, 0.717) is 0 Å². The predicted molar refractivity (Wildman–Crippen MR) is 56.0 cm³/mol. The molecule has 0 aliphatic rings. The third-order valence-corrected chi connectivity index (χ3v) is 2.80. The topological polar surface area (TPSA) is 63.6 Å². The van der Waals surface area contributed by atoms with Crippen LogP contribution in [0.4, 0.5) is 0 Å². The number of hydrogen-bond donors (Lipinski definition) is 1. The highest BCUT2D eigenvalue weighted by molar-refractivity contribution is 7.86. The Morgan fingerprint density at radius 3 is 2.47 bits per heavy atom. The van der Waals surface area contributed by atoms with Crippen LogP contribution < -0.4 is 0 Å². The van der Waals surface area contributed by atoms with Crippen molar-refractivity contribution in [1.82, 2.24) is 0 Å². The van der Waals surface area contributed by atoms with Crippen LogP contribution >= 0.6 is 0 Å². The summed E-state index contributed by atoms with van der Waals surface area (Å²) in [4.78, 5) is -0.146. The summed E-state index contributed by atoms with van der Waals surface area (Å²) >= 11 is 0. The molecule has 0 aliphatic heterocycles. The van der Waals surface area contributed by atoms with Gasteiger partial charge in [-0.3, -0.25) is 4.18 Å². The summed E-state index contributed by atoms with van der Waals surface area (Å²) in [7, 11) is -4.21. The molecule has 0 heterocycles. The van der Waals surface area contributed by atoms with Gasteiger partial charge in [-0.2, -0.15) is 8.42 Å². The molecule has 0 spiro atoms. The fourth-order valence-corrected chi connectivity index (χ4v) is 1.72. The molecule has 0 fully saturated rings. The first-order valence-corrected chi connectivity index (χ1v) is 5.76. The minimum absolute atomic E-state index is 0.146. The number of rotatable bonds is 4. The molecule has 1 aromatic carbocycles. The monoisotopic (exact) mass is 232 g/mol. The number of aryl methyl sites for hydroxylation is 1. The third kappa shape index (κ3) is 3.62. The highest BCUT2D eigenvalue weighted by Gasteiger charge is 2.15. The normalized spacial score (nSPS) is 16.7. The van der Waals surface area contributed by atoms with Crippen LogP contribution in [-0.2, 0) is 14.3 Å². The van der Waals surface area contributed by atoms with Crippen molar-refractivity contribution in [2.24, 2.45) is 0 Å². The molecule has 5 heteroatoms. The van der Waals surface area contributed by atoms with E-state index in [9.17, 15) is 8.42 Å². The van der Waals surface area contributed by atoms with Crippen molar-refractivity contribution in [2.75, 3.05) is 6.56 Å². The molecule has 1 rings (SSSR count). The number of aliphatic hydroxyl groups is 1. The molecule has 1 atom stereocenters. The van der Waals surface area contributed by atoms with Gasteiger partial charge in [0.1, 0.15) is 0 Å². The minimum Gasteiger partial charge on any atom is -0.391 e. The van der Waals surface area contributed by atoms with Crippen molar-refractivity contribution in [1.29, 1.82) is 0 Å². The lowest BCUT2D eigenvalue weighted by atomic mass is 10.2. The molecule has 0 unspecified atom stereocenters. The maximum Gasteiger partial charge on any atom is 0.297 e. The molecule has 0 amide bonds. The van der Waals surface area contributed by atoms with Crippen molar-refractivity contribution in [3.8, 4) is 0 Å². The van der Waals surface area contributed by atoms with Gasteiger partial charge in [0, 0.05) is 0 Å². The van der Waals surface area contributed by atoms with Gasteiger partial charge < -0.3 is 5.11 Å². The fraction of sp³-hybridized carbons (Fsp3) is 0.400. The molecule has 0 aromatic heterocycles. The number of benzene rings is 1. The van der Waals surface area contributed by atoms with Crippen LogP contribution in [0.1, 0.15) is 15.2 Å². The molecule has 0 bridgehead atoms. The van der Waals surface area contributed by atoms with Crippen LogP contribution in [0.3, 0.4) is 0 Å². The Kier molecular flexibility index (Phi) is 2.95. The Morgan fingerprint density at radius 2 is 2.00 bits per heavy atom. The Morgan fingerprint density at radius 1 is 1.47 bits per heavy atom. The van der Waals surface area contributed by atoms with Crippen LogP contribution in [0, 0.1) is 6.92 Å². The van der Waals surface area contributed by atoms with Gasteiger partial charge in [-0.15, -0.1) is 0 Å². The molecule has 0 saturated carbocycles. The summed E-state index contributed by atoms with van der Waals surface area (Å²) in [5.41, 5.74) is 0.877. The Labute approximate surface area is 92.4 Å². The molecule has 0 saturated heterocycles. The van der Waals surface area contributed by atoms with Crippen molar-refractivity contribution in [2.45, 2.75) is 24.8 Å². The van der Waals surface area contributed by atoms with E-state index in [-0.39, 0.29) is 4.90 Å². The van der Waals surface area contributed by atoms with E-state index in [4.69, 9.17) is 7.85 Å². The smallest absolute Gasteiger partial charge is 0.297 e. The predicted octanol–water partition coefficient (Wildman–Crippen LogP) is 1.08. The van der Waals surface area contributed by atoms with Gasteiger partial charge in [-0.05, 0) is 26.0 Å². The van der Waals surface area contributed by atoms with Crippen molar-refractivity contribution in [3.05, 3.63) is 29.8 Å². The quantitative estimate of drug-likeness (QED) is 0.789. The Hall–Kier alpha value is -0.910. The van der Waals surface area contributed by atoms with E-state index < -0.39 is 22.8 Å². The summed E-state index contributed by atoms with van der Waals surface area (Å²) in [5, 5.41) is 9.07. The maximum atomic E-state index is 11.7. The van der Waals surface area contributed by atoms with Gasteiger partial charge in [-0.1, -0.05) is 17.7 Å². The first-order chi connectivity index (χ1) is 7.65. The second kappa shape index (κ2) is 4.74. The van der Waals surface area contributed by atoms with Crippen LogP contribution in [-0.4, -0.2) is 26.2 Å². The number of hydrogen-bond acceptors (Lipinski definition) is 4. The van der Waals surface area contributed by atoms with Gasteiger partial charge in [0.25, 0.3) is 10.1 Å². The average Bonchev–Trinajstić information content (AvgIpc) is 2.16. The van der Waals surface area contributed by atoms with Crippen molar-refractivity contribution < 1.29 is 20.4 Å². The Bertz CT molecular complexity index is 480. The number of aliphatic hydroxyl groups excluding tert-OH is 1. The SMILES string of the molecule is [2H]C([2H])(OS(=O)(=O)c1ccc(C)cc1)[C@H](C)O. The lowest BCUT2D eigenvalue weighted by Crippen LogP contribution is -2.15. The summed E-state index contributed by atoms with van der Waals surface area (Å²) in [6.07, 6.45) is -1.55. The molecule has 0 radical (unpaired) electrons. The fourth-order valence-electron chi connectivity index (χ4n) is 0.886. The van der Waals surface area contributed by atoms with Gasteiger partial charge >= 0.3 is 0 Å². The molecule has 1 N–H and O–H groups in total. The molecule has 84 valence electrons. The van der Waals surface area contributed by atoms with E-state index in [0.717, 1.165) is 12.5 Å². The van der Waals surface area contributed by atoms with E-state index in [1.165, 1.54) is 12.1 Å². The third-order valence-electron chi connectivity index (χ3n) is 1.64. The summed E-state index contributed by atoms with van der Waals surface area (Å²) in [6.45, 7) is 0.265. The zero-order chi connectivity index (χ0) is 13.3. The first-order valence-electron chi connectivity index (χ1n) is 5.35. The van der Waals surface area contributed by atoms with Gasteiger partial charge in [0.15, 0.2) is 0 Å². The Balaban J connectivity index is 3.01. The minimum atomic E-state index is -4.21. The molecule has 4 nitrogen and oxygen atoms in total. The largest absolute Gasteiger partial charge is 0.391 e. The summed E-state index contributed by atoms with van der Waals surface area (Å²) in [5.74, 6) is 0. The van der Waals surface area contributed by atoms with Crippen LogP contribution in [0.25, 0.3) is 0 Å². The second-order valence-electron chi connectivity index (χ2n) is 3.14. The van der Waals surface area contributed by atoms with E-state index >= 15 is 0 Å². The molecular weight excluding hydrogens is 216 g/mol. The molecular formula is C10H14O4S. The van der Waals surface area contributed by atoms with E-state index in [2.05, 4.69) is 4.18 Å². The van der Waals surface area contributed by atoms with Gasteiger partial charge in [0.05, 0.1) is 20.3 Å². The van der Waals surface area contributed by atoms with E-state index in [1.54, 1.807) is 19.1 Å². The van der Waals surface area contributed by atoms with Crippen LogP contribution in [0.15, 0.2) is 29.2 Å². The van der Waals surface area contributed by atoms with Gasteiger partial charge in [-0.25, -0.2) is 0 Å². The second-order valence-corrected chi connectivity index (χ2v) is 4.69. The summed E-state index contributed by atoms with van der Waals surface area (Å²) in [6, 6.07) is 5.80. The lowest BCUT2D eigenvalue weighted by Gasteiger charge is -2.07. The van der Waals surface area contributed by atoms with Crippen molar-refractivity contribution >= 4 is 10.1 Å². The lowest BCUT2D eigenvalue weighted by molar-refractivity contribution is 0.126. The zero-order valence-electron chi connectivity index (χ0n) is 10.5. The first kappa shape index (κ1) is 9.33. The van der Waals surface area contributed by atoms with Crippen LogP contribution in [0.5, 0.6) is 0 Å². The zero-order valence-corrected chi connectivity index (χ0v) is 9.28. The van der Waals surface area contributed by atoms with E-state index in [1.807, 2.05) is 0 Å².